The molecule has 3 nitrogen and oxygen atoms in total. The third kappa shape index (κ3) is 4.19. The molecule has 0 saturated heterocycles. The molecule has 0 amide bonds. The van der Waals surface area contributed by atoms with Gasteiger partial charge >= 0.3 is 0 Å². The fourth-order valence-electron chi connectivity index (χ4n) is 7.18. The Kier molecular flexibility index (Phi) is 6.55. The molecular weight excluding hydrogens is 684 g/mol. The van der Waals surface area contributed by atoms with Gasteiger partial charge in [-0.15, -0.1) is 45.3 Å². The summed E-state index contributed by atoms with van der Waals surface area (Å²) in [5.41, 5.74) is 2.03. The fraction of sp³-hybridized carbons (Fsp3) is 0. The summed E-state index contributed by atoms with van der Waals surface area (Å²) in [6.45, 7) is 0. The average molecular weight is 709 g/mol. The van der Waals surface area contributed by atoms with Crippen LogP contribution in [-0.2, 0) is 4.57 Å². The fourth-order valence-corrected chi connectivity index (χ4v) is 13.5. The number of thiophene rings is 4. The maximum Gasteiger partial charge on any atom is 0.172 e. The Balaban J connectivity index is 1.34. The highest BCUT2D eigenvalue weighted by Crippen LogP contribution is 2.55. The topological polar surface area (TPSA) is 23.6 Å². The van der Waals surface area contributed by atoms with Gasteiger partial charge in [0, 0.05) is 38.1 Å². The van der Waals surface area contributed by atoms with Crippen LogP contribution in [0.3, 0.4) is 0 Å². The van der Waals surface area contributed by atoms with Crippen LogP contribution in [-0.4, -0.2) is 0 Å². The zero-order valence-corrected chi connectivity index (χ0v) is 29.5. The van der Waals surface area contributed by atoms with Crippen LogP contribution in [0.1, 0.15) is 0 Å². The lowest BCUT2D eigenvalue weighted by atomic mass is 9.95. The molecule has 5 aromatic carbocycles. The Morgan fingerprint density at radius 1 is 0.417 bits per heavy atom. The molecule has 0 N–H and O–H groups in total. The van der Waals surface area contributed by atoms with Crippen molar-refractivity contribution < 1.29 is 4.57 Å². The maximum absolute atomic E-state index is 16.6. The van der Waals surface area contributed by atoms with Crippen molar-refractivity contribution in [3.8, 4) is 0 Å². The van der Waals surface area contributed by atoms with Crippen LogP contribution in [0.15, 0.2) is 149 Å². The lowest BCUT2D eigenvalue weighted by Gasteiger charge is -2.32. The predicted octanol–water partition coefficient (Wildman–Crippen LogP) is 12.3. The molecule has 9 aromatic rings. The summed E-state index contributed by atoms with van der Waals surface area (Å²) in [5.74, 6) is 0. The van der Waals surface area contributed by atoms with Crippen molar-refractivity contribution in [1.82, 2.24) is 0 Å². The second-order valence-corrected chi connectivity index (χ2v) is 18.2. The van der Waals surface area contributed by atoms with E-state index in [1.54, 1.807) is 45.3 Å². The van der Waals surface area contributed by atoms with E-state index in [1.165, 1.54) is 10.8 Å². The van der Waals surface area contributed by atoms with Crippen LogP contribution < -0.4 is 25.7 Å². The molecule has 4 aromatic heterocycles. The number of anilines is 6. The van der Waals surface area contributed by atoms with Gasteiger partial charge in [-0.2, -0.15) is 0 Å². The van der Waals surface area contributed by atoms with E-state index in [0.29, 0.717) is 0 Å². The van der Waals surface area contributed by atoms with E-state index in [0.717, 1.165) is 68.8 Å². The summed E-state index contributed by atoms with van der Waals surface area (Å²) in [7, 11) is -3.39. The van der Waals surface area contributed by atoms with Gasteiger partial charge < -0.3 is 4.57 Å². The standard InChI is InChI=1S/C40H25N2OPS4/c43-44(31-8-2-1-3-9-31)32-24-29(41(34-10-4-18-45-34)35-11-5-19-46-35)22-27-16-14-26-15-17-28-23-30(25-33(44)39(28)40(26)38(27)32)42(36-12-6-20-47-36)37-13-7-21-48-37/h1-25H. The van der Waals surface area contributed by atoms with Gasteiger partial charge in [0.25, 0.3) is 0 Å². The summed E-state index contributed by atoms with van der Waals surface area (Å²) >= 11 is 6.85. The molecule has 1 aliphatic rings. The molecule has 10 rings (SSSR count). The normalized spacial score (nSPS) is 13.2. The van der Waals surface area contributed by atoms with E-state index in [-0.39, 0.29) is 0 Å². The van der Waals surface area contributed by atoms with Crippen LogP contribution in [0.25, 0.3) is 32.3 Å². The smallest absolute Gasteiger partial charge is 0.172 e. The summed E-state index contributed by atoms with van der Waals surface area (Å²) in [4.78, 5) is 4.62. The molecule has 0 atom stereocenters. The highest BCUT2D eigenvalue weighted by atomic mass is 32.1. The summed E-state index contributed by atoms with van der Waals surface area (Å²) in [6.07, 6.45) is 0. The Morgan fingerprint density at radius 3 is 1.23 bits per heavy atom. The molecule has 0 bridgehead atoms. The lowest BCUT2D eigenvalue weighted by molar-refractivity contribution is 0.592. The second-order valence-electron chi connectivity index (χ2n) is 11.8. The molecule has 0 spiro atoms. The van der Waals surface area contributed by atoms with Gasteiger partial charge in [0.15, 0.2) is 7.14 Å². The quantitative estimate of drug-likeness (QED) is 0.122. The van der Waals surface area contributed by atoms with Crippen LogP contribution in [0.4, 0.5) is 31.4 Å². The molecule has 0 radical (unpaired) electrons. The maximum atomic E-state index is 16.6. The van der Waals surface area contributed by atoms with Crippen molar-refractivity contribution in [3.05, 3.63) is 149 Å². The molecule has 0 unspecified atom stereocenters. The Bertz CT molecular complexity index is 2420. The van der Waals surface area contributed by atoms with Crippen molar-refractivity contribution in [2.24, 2.45) is 0 Å². The van der Waals surface area contributed by atoms with E-state index >= 15 is 4.57 Å². The van der Waals surface area contributed by atoms with Gasteiger partial charge in [0.05, 0.1) is 0 Å². The minimum atomic E-state index is -3.39. The van der Waals surface area contributed by atoms with Gasteiger partial charge in [-0.05, 0) is 116 Å². The zero-order chi connectivity index (χ0) is 31.8. The largest absolute Gasteiger partial charge is 0.309 e. The van der Waals surface area contributed by atoms with Crippen LogP contribution in [0.5, 0.6) is 0 Å². The zero-order valence-electron chi connectivity index (χ0n) is 25.3. The van der Waals surface area contributed by atoms with Gasteiger partial charge in [-0.1, -0.05) is 54.6 Å². The van der Waals surface area contributed by atoms with E-state index in [2.05, 4.69) is 141 Å². The summed E-state index contributed by atoms with van der Waals surface area (Å²) < 4.78 is 16.6. The number of hydrogen-bond acceptors (Lipinski definition) is 7. The first kappa shape index (κ1) is 28.5. The Hall–Kier alpha value is -4.49. The molecule has 5 heterocycles. The Labute approximate surface area is 293 Å². The minimum Gasteiger partial charge on any atom is -0.309 e. The predicted molar refractivity (Wildman–Crippen MR) is 213 cm³/mol. The van der Waals surface area contributed by atoms with E-state index in [9.17, 15) is 0 Å². The molecule has 48 heavy (non-hydrogen) atoms. The SMILES string of the molecule is O=P1(c2ccccc2)c2cc(N(c3cccs3)c3cccs3)cc3ccc4ccc5cc(N(c6cccs6)c6cccs6)cc1c5c4c23. The van der Waals surface area contributed by atoms with Crippen molar-refractivity contribution in [1.29, 1.82) is 0 Å². The highest BCUT2D eigenvalue weighted by molar-refractivity contribution is 7.86. The van der Waals surface area contributed by atoms with Crippen molar-refractivity contribution >= 4 is 132 Å². The van der Waals surface area contributed by atoms with Crippen LogP contribution >= 0.6 is 52.5 Å². The summed E-state index contributed by atoms with van der Waals surface area (Å²) in [5, 5.41) is 22.4. The minimum absolute atomic E-state index is 0.853. The van der Waals surface area contributed by atoms with E-state index in [1.807, 2.05) is 18.2 Å². The molecule has 0 saturated carbocycles. The van der Waals surface area contributed by atoms with Gasteiger partial charge in [0.2, 0.25) is 0 Å². The first-order valence-electron chi connectivity index (χ1n) is 15.6. The van der Waals surface area contributed by atoms with Crippen molar-refractivity contribution in [2.75, 3.05) is 9.80 Å². The molecule has 230 valence electrons. The first-order chi connectivity index (χ1) is 23.7. The molecular formula is C40H25N2OPS4. The summed E-state index contributed by atoms with van der Waals surface area (Å²) in [6, 6.07) is 45.0. The van der Waals surface area contributed by atoms with E-state index < -0.39 is 7.14 Å². The highest BCUT2D eigenvalue weighted by Gasteiger charge is 2.39. The number of nitrogens with zero attached hydrogens (tertiary/aromatic N) is 2. The number of rotatable bonds is 7. The first-order valence-corrected chi connectivity index (χ1v) is 20.8. The number of benzene rings is 5. The van der Waals surface area contributed by atoms with Crippen LogP contribution in [0.2, 0.25) is 0 Å². The third-order valence-corrected chi connectivity index (χ3v) is 15.7. The Morgan fingerprint density at radius 2 is 0.833 bits per heavy atom. The van der Waals surface area contributed by atoms with Gasteiger partial charge in [0.1, 0.15) is 20.0 Å². The molecule has 1 aliphatic heterocycles. The van der Waals surface area contributed by atoms with Crippen LogP contribution in [0, 0.1) is 0 Å². The van der Waals surface area contributed by atoms with Gasteiger partial charge in [-0.3, -0.25) is 9.80 Å². The third-order valence-electron chi connectivity index (χ3n) is 9.16. The average Bonchev–Trinajstić information content (AvgIpc) is 3.97. The second kappa shape index (κ2) is 11.0. The molecule has 0 aliphatic carbocycles. The molecule has 8 heteroatoms. The van der Waals surface area contributed by atoms with Gasteiger partial charge in [-0.25, -0.2) is 0 Å². The molecule has 0 fully saturated rings. The lowest BCUT2D eigenvalue weighted by Crippen LogP contribution is -2.30. The van der Waals surface area contributed by atoms with Crippen molar-refractivity contribution in [2.45, 2.75) is 0 Å². The monoisotopic (exact) mass is 708 g/mol. The van der Waals surface area contributed by atoms with E-state index in [4.69, 9.17) is 0 Å². The number of hydrogen-bond donors (Lipinski definition) is 0. The van der Waals surface area contributed by atoms with Crippen molar-refractivity contribution in [3.63, 3.8) is 0 Å².